The molecule has 36 heavy (non-hydrogen) atoms. The van der Waals surface area contributed by atoms with E-state index in [9.17, 15) is 18.0 Å². The molecule has 0 saturated carbocycles. The molecular formula is C27H32N4O4S. The molecule has 3 aromatic carbocycles. The van der Waals surface area contributed by atoms with Crippen molar-refractivity contribution in [3.63, 3.8) is 0 Å². The molecular weight excluding hydrogens is 476 g/mol. The van der Waals surface area contributed by atoms with Gasteiger partial charge in [0.2, 0.25) is 15.9 Å². The average Bonchev–Trinajstić information content (AvgIpc) is 2.85. The Morgan fingerprint density at radius 1 is 1.03 bits per heavy atom. The fourth-order valence-corrected chi connectivity index (χ4v) is 6.29. The number of fused-ring (bicyclic) bond motifs is 1. The fourth-order valence-electron chi connectivity index (χ4n) is 4.70. The van der Waals surface area contributed by atoms with Crippen molar-refractivity contribution in [1.82, 2.24) is 9.62 Å². The number of hydrogen-bond donors (Lipinski definition) is 3. The molecule has 4 rings (SSSR count). The Morgan fingerprint density at radius 3 is 2.36 bits per heavy atom. The molecule has 3 atom stereocenters. The van der Waals surface area contributed by atoms with Crippen LogP contribution < -0.4 is 15.8 Å². The molecule has 0 aromatic heterocycles. The number of sulfonamides is 1. The van der Waals surface area contributed by atoms with E-state index in [1.807, 2.05) is 32.0 Å². The molecule has 0 unspecified atom stereocenters. The number of benzene rings is 3. The van der Waals surface area contributed by atoms with Crippen molar-refractivity contribution >= 4 is 38.3 Å². The van der Waals surface area contributed by atoms with Crippen LogP contribution >= 0.6 is 0 Å². The van der Waals surface area contributed by atoms with Crippen molar-refractivity contribution in [2.75, 3.05) is 18.4 Å². The summed E-state index contributed by atoms with van der Waals surface area (Å²) in [7, 11) is -3.87. The Morgan fingerprint density at radius 2 is 1.69 bits per heavy atom. The van der Waals surface area contributed by atoms with Crippen LogP contribution in [0.4, 0.5) is 5.69 Å². The average molecular weight is 509 g/mol. The molecule has 0 spiro atoms. The first kappa shape index (κ1) is 25.8. The zero-order valence-corrected chi connectivity index (χ0v) is 21.5. The number of rotatable bonds is 6. The molecule has 1 aliphatic heterocycles. The second-order valence-corrected chi connectivity index (χ2v) is 11.2. The molecule has 9 heteroatoms. The van der Waals surface area contributed by atoms with E-state index < -0.39 is 16.1 Å². The van der Waals surface area contributed by atoms with Crippen LogP contribution in [0.2, 0.25) is 0 Å². The van der Waals surface area contributed by atoms with Gasteiger partial charge in [0.15, 0.2) is 0 Å². The van der Waals surface area contributed by atoms with Gasteiger partial charge in [-0.3, -0.25) is 9.59 Å². The van der Waals surface area contributed by atoms with Crippen molar-refractivity contribution in [3.8, 4) is 0 Å². The fraction of sp³-hybridized carbons (Fsp3) is 0.333. The maximum atomic E-state index is 13.5. The first-order chi connectivity index (χ1) is 17.1. The zero-order valence-electron chi connectivity index (χ0n) is 20.7. The minimum Gasteiger partial charge on any atom is -0.341 e. The minimum absolute atomic E-state index is 0.0739. The number of anilines is 1. The van der Waals surface area contributed by atoms with Gasteiger partial charge in [-0.1, -0.05) is 49.4 Å². The lowest BCUT2D eigenvalue weighted by molar-refractivity contribution is -0.134. The van der Waals surface area contributed by atoms with E-state index in [-0.39, 0.29) is 28.7 Å². The lowest BCUT2D eigenvalue weighted by Crippen LogP contribution is -2.54. The standard InChI is InChI=1S/C27H32N4O4S/c1-17-8-4-5-9-20(17)26(32)29-24-12-13-25(22-11-7-6-10-21(22)24)36(34,35)30-23-14-15-31(16-18(23)2)27(33)19(3)28/h4-13,18-19,23,30H,14-16,28H2,1-3H3,(H,29,32)/t18-,19+,23-/m1/s1. The summed E-state index contributed by atoms with van der Waals surface area (Å²) >= 11 is 0. The molecule has 2 amide bonds. The van der Waals surface area contributed by atoms with Crippen LogP contribution in [-0.2, 0) is 14.8 Å². The molecule has 0 bridgehead atoms. The van der Waals surface area contributed by atoms with E-state index in [0.717, 1.165) is 5.56 Å². The van der Waals surface area contributed by atoms with Crippen molar-refractivity contribution in [2.24, 2.45) is 11.7 Å². The first-order valence-corrected chi connectivity index (χ1v) is 13.5. The minimum atomic E-state index is -3.87. The third kappa shape index (κ3) is 5.28. The van der Waals surface area contributed by atoms with Gasteiger partial charge in [0.1, 0.15) is 0 Å². The second-order valence-electron chi connectivity index (χ2n) is 9.49. The van der Waals surface area contributed by atoms with Crippen LogP contribution in [-0.4, -0.2) is 50.3 Å². The Balaban J connectivity index is 1.58. The van der Waals surface area contributed by atoms with Crippen LogP contribution in [0, 0.1) is 12.8 Å². The van der Waals surface area contributed by atoms with Gasteiger partial charge >= 0.3 is 0 Å². The van der Waals surface area contributed by atoms with Crippen molar-refractivity contribution in [2.45, 2.75) is 44.2 Å². The summed E-state index contributed by atoms with van der Waals surface area (Å²) in [6, 6.07) is 16.7. The summed E-state index contributed by atoms with van der Waals surface area (Å²) < 4.78 is 29.8. The van der Waals surface area contributed by atoms with Crippen molar-refractivity contribution in [1.29, 1.82) is 0 Å². The molecule has 1 fully saturated rings. The summed E-state index contributed by atoms with van der Waals surface area (Å²) in [5.41, 5.74) is 7.68. The Labute approximate surface area is 211 Å². The normalized spacial score (nSPS) is 19.2. The van der Waals surface area contributed by atoms with Gasteiger partial charge in [-0.15, -0.1) is 0 Å². The van der Waals surface area contributed by atoms with E-state index in [1.165, 1.54) is 6.07 Å². The predicted octanol–water partition coefficient (Wildman–Crippen LogP) is 3.26. The smallest absolute Gasteiger partial charge is 0.255 e. The van der Waals surface area contributed by atoms with Gasteiger partial charge in [0, 0.05) is 41.2 Å². The number of carbonyl (C=O) groups is 2. The molecule has 0 aliphatic carbocycles. The molecule has 3 aromatic rings. The van der Waals surface area contributed by atoms with E-state index in [0.29, 0.717) is 41.5 Å². The molecule has 1 heterocycles. The highest BCUT2D eigenvalue weighted by Gasteiger charge is 2.33. The lowest BCUT2D eigenvalue weighted by Gasteiger charge is -2.37. The van der Waals surface area contributed by atoms with Gasteiger partial charge < -0.3 is 16.0 Å². The number of carbonyl (C=O) groups excluding carboxylic acids is 2. The third-order valence-corrected chi connectivity index (χ3v) is 8.27. The van der Waals surface area contributed by atoms with Gasteiger partial charge in [-0.25, -0.2) is 13.1 Å². The summed E-state index contributed by atoms with van der Waals surface area (Å²) in [6.07, 6.45) is 0.501. The number of piperidine rings is 1. The lowest BCUT2D eigenvalue weighted by atomic mass is 9.94. The van der Waals surface area contributed by atoms with Crippen LogP contribution in [0.25, 0.3) is 10.8 Å². The maximum absolute atomic E-state index is 13.5. The summed E-state index contributed by atoms with van der Waals surface area (Å²) in [5, 5.41) is 4.08. The van der Waals surface area contributed by atoms with Gasteiger partial charge in [0.05, 0.1) is 10.9 Å². The molecule has 0 radical (unpaired) electrons. The number of hydrogen-bond acceptors (Lipinski definition) is 5. The monoisotopic (exact) mass is 508 g/mol. The third-order valence-electron chi connectivity index (χ3n) is 6.72. The van der Waals surface area contributed by atoms with E-state index in [1.54, 1.807) is 48.2 Å². The predicted molar refractivity (Wildman–Crippen MR) is 141 cm³/mol. The summed E-state index contributed by atoms with van der Waals surface area (Å²) in [4.78, 5) is 27.0. The zero-order chi connectivity index (χ0) is 26.0. The number of amides is 2. The largest absolute Gasteiger partial charge is 0.341 e. The molecule has 1 saturated heterocycles. The number of aryl methyl sites for hydroxylation is 1. The number of nitrogens with two attached hydrogens (primary N) is 1. The molecule has 8 nitrogen and oxygen atoms in total. The van der Waals surface area contributed by atoms with Crippen molar-refractivity contribution in [3.05, 3.63) is 71.8 Å². The quantitative estimate of drug-likeness (QED) is 0.472. The SMILES string of the molecule is Cc1ccccc1C(=O)Nc1ccc(S(=O)(=O)N[C@@H]2CCN(C(=O)[C@H](C)N)C[C@H]2C)c2ccccc12. The first-order valence-electron chi connectivity index (χ1n) is 12.0. The summed E-state index contributed by atoms with van der Waals surface area (Å²) in [5.74, 6) is -0.457. The highest BCUT2D eigenvalue weighted by molar-refractivity contribution is 7.89. The Hall–Kier alpha value is -3.27. The second kappa shape index (κ2) is 10.4. The van der Waals surface area contributed by atoms with E-state index in [4.69, 9.17) is 5.73 Å². The Kier molecular flexibility index (Phi) is 7.44. The molecule has 4 N–H and O–H groups in total. The molecule has 190 valence electrons. The number of nitrogens with zero attached hydrogens (tertiary/aromatic N) is 1. The van der Waals surface area contributed by atoms with Gasteiger partial charge in [0.25, 0.3) is 5.91 Å². The molecule has 1 aliphatic rings. The number of likely N-dealkylation sites (tertiary alicyclic amines) is 1. The van der Waals surface area contributed by atoms with Gasteiger partial charge in [-0.05, 0) is 49.9 Å². The maximum Gasteiger partial charge on any atom is 0.255 e. The van der Waals surface area contributed by atoms with E-state index >= 15 is 0 Å². The topological polar surface area (TPSA) is 122 Å². The van der Waals surface area contributed by atoms with Crippen molar-refractivity contribution < 1.29 is 18.0 Å². The van der Waals surface area contributed by atoms with Crippen LogP contribution in [0.1, 0.15) is 36.2 Å². The van der Waals surface area contributed by atoms with Crippen LogP contribution in [0.5, 0.6) is 0 Å². The highest BCUT2D eigenvalue weighted by Crippen LogP contribution is 2.31. The summed E-state index contributed by atoms with van der Waals surface area (Å²) in [6.45, 7) is 6.34. The Bertz CT molecular complexity index is 1400. The van der Waals surface area contributed by atoms with Crippen LogP contribution in [0.3, 0.4) is 0 Å². The number of nitrogens with one attached hydrogen (secondary N) is 2. The van der Waals surface area contributed by atoms with Crippen LogP contribution in [0.15, 0.2) is 65.6 Å². The van der Waals surface area contributed by atoms with Gasteiger partial charge in [-0.2, -0.15) is 0 Å². The highest BCUT2D eigenvalue weighted by atomic mass is 32.2. The van der Waals surface area contributed by atoms with E-state index in [2.05, 4.69) is 10.0 Å².